The summed E-state index contributed by atoms with van der Waals surface area (Å²) in [7, 11) is 0. The van der Waals surface area contributed by atoms with Crippen LogP contribution in [0.2, 0.25) is 0 Å². The van der Waals surface area contributed by atoms with Gasteiger partial charge in [0.1, 0.15) is 0 Å². The monoisotopic (exact) mass is 285 g/mol. The number of anilines is 2. The van der Waals surface area contributed by atoms with Gasteiger partial charge in [-0.1, -0.05) is 17.4 Å². The maximum Gasteiger partial charge on any atom is 0.337 e. The lowest BCUT2D eigenvalue weighted by Crippen LogP contribution is -2.02. The minimum Gasteiger partial charge on any atom is -0.478 e. The molecule has 0 fully saturated rings. The molecule has 0 radical (unpaired) electrons. The zero-order valence-electron chi connectivity index (χ0n) is 10.6. The molecule has 0 bridgehead atoms. The number of aromatic carboxylic acids is 1. The molecule has 0 saturated heterocycles. The van der Waals surface area contributed by atoms with Crippen LogP contribution in [0, 0.1) is 6.92 Å². The molecule has 0 amide bonds. The number of carboxylic acid groups (broad SMARTS) is 1. The van der Waals surface area contributed by atoms with E-state index >= 15 is 0 Å². The SMILES string of the molecule is Cc1ccc2nc(Nc3cnccc3C(=O)O)sc2c1. The average Bonchev–Trinajstić information content (AvgIpc) is 2.80. The molecule has 5 nitrogen and oxygen atoms in total. The molecule has 2 N–H and O–H groups in total. The molecule has 0 aliphatic rings. The van der Waals surface area contributed by atoms with Crippen molar-refractivity contribution in [1.29, 1.82) is 0 Å². The van der Waals surface area contributed by atoms with Crippen LogP contribution in [0.25, 0.3) is 10.2 Å². The Labute approximate surface area is 118 Å². The van der Waals surface area contributed by atoms with Crippen LogP contribution in [0.15, 0.2) is 36.7 Å². The molecule has 20 heavy (non-hydrogen) atoms. The lowest BCUT2D eigenvalue weighted by molar-refractivity contribution is 0.0698. The molecule has 0 spiro atoms. The van der Waals surface area contributed by atoms with Crippen LogP contribution in [0.1, 0.15) is 15.9 Å². The van der Waals surface area contributed by atoms with E-state index in [1.807, 2.05) is 19.1 Å². The number of rotatable bonds is 3. The Morgan fingerprint density at radius 1 is 1.35 bits per heavy atom. The van der Waals surface area contributed by atoms with Crippen molar-refractivity contribution in [3.63, 3.8) is 0 Å². The normalized spacial score (nSPS) is 10.7. The number of carbonyl (C=O) groups is 1. The smallest absolute Gasteiger partial charge is 0.337 e. The third-order valence-corrected chi connectivity index (χ3v) is 3.77. The Kier molecular flexibility index (Phi) is 3.08. The number of aryl methyl sites for hydroxylation is 1. The van der Waals surface area contributed by atoms with Gasteiger partial charge in [0.2, 0.25) is 0 Å². The topological polar surface area (TPSA) is 75.1 Å². The number of aromatic nitrogens is 2. The van der Waals surface area contributed by atoms with Gasteiger partial charge in [0, 0.05) is 6.20 Å². The van der Waals surface area contributed by atoms with Crippen molar-refractivity contribution in [2.45, 2.75) is 6.92 Å². The van der Waals surface area contributed by atoms with Crippen LogP contribution in [-0.2, 0) is 0 Å². The first kappa shape index (κ1) is 12.6. The number of nitrogens with one attached hydrogen (secondary N) is 1. The Morgan fingerprint density at radius 2 is 2.20 bits per heavy atom. The molecule has 100 valence electrons. The van der Waals surface area contributed by atoms with Gasteiger partial charge in [-0.15, -0.1) is 0 Å². The van der Waals surface area contributed by atoms with E-state index < -0.39 is 5.97 Å². The Morgan fingerprint density at radius 3 is 3.00 bits per heavy atom. The van der Waals surface area contributed by atoms with Gasteiger partial charge < -0.3 is 10.4 Å². The van der Waals surface area contributed by atoms with Crippen molar-refractivity contribution in [2.24, 2.45) is 0 Å². The number of hydrogen-bond acceptors (Lipinski definition) is 5. The van der Waals surface area contributed by atoms with E-state index in [9.17, 15) is 4.79 Å². The highest BCUT2D eigenvalue weighted by Crippen LogP contribution is 2.29. The third kappa shape index (κ3) is 2.33. The zero-order valence-corrected chi connectivity index (χ0v) is 11.4. The van der Waals surface area contributed by atoms with Crippen LogP contribution < -0.4 is 5.32 Å². The summed E-state index contributed by atoms with van der Waals surface area (Å²) in [5, 5.41) is 12.8. The van der Waals surface area contributed by atoms with Gasteiger partial charge >= 0.3 is 5.97 Å². The fraction of sp³-hybridized carbons (Fsp3) is 0.0714. The van der Waals surface area contributed by atoms with Gasteiger partial charge in [-0.05, 0) is 30.7 Å². The molecular formula is C14H11N3O2S. The Balaban J connectivity index is 1.99. The lowest BCUT2D eigenvalue weighted by atomic mass is 10.2. The van der Waals surface area contributed by atoms with Crippen molar-refractivity contribution in [1.82, 2.24) is 9.97 Å². The van der Waals surface area contributed by atoms with Gasteiger partial charge in [-0.25, -0.2) is 9.78 Å². The quantitative estimate of drug-likeness (QED) is 0.771. The maximum atomic E-state index is 11.1. The second kappa shape index (κ2) is 4.90. The molecular weight excluding hydrogens is 274 g/mol. The van der Waals surface area contributed by atoms with Crippen LogP contribution in [-0.4, -0.2) is 21.0 Å². The molecule has 2 aromatic heterocycles. The summed E-state index contributed by atoms with van der Waals surface area (Å²) < 4.78 is 1.06. The number of thiazole rings is 1. The second-order valence-corrected chi connectivity index (χ2v) is 5.37. The van der Waals surface area contributed by atoms with Gasteiger partial charge in [-0.3, -0.25) is 4.98 Å². The first-order valence-corrected chi connectivity index (χ1v) is 6.76. The van der Waals surface area contributed by atoms with Crippen molar-refractivity contribution < 1.29 is 9.90 Å². The summed E-state index contributed by atoms with van der Waals surface area (Å²) >= 11 is 1.48. The first-order valence-electron chi connectivity index (χ1n) is 5.95. The van der Waals surface area contributed by atoms with E-state index in [2.05, 4.69) is 21.4 Å². The summed E-state index contributed by atoms with van der Waals surface area (Å²) in [4.78, 5) is 19.5. The van der Waals surface area contributed by atoms with E-state index in [1.165, 1.54) is 35.4 Å². The second-order valence-electron chi connectivity index (χ2n) is 4.34. The molecule has 0 saturated carbocycles. The molecule has 0 aliphatic carbocycles. The number of nitrogens with zero attached hydrogens (tertiary/aromatic N) is 2. The zero-order chi connectivity index (χ0) is 14.1. The van der Waals surface area contributed by atoms with Crippen LogP contribution in [0.4, 0.5) is 10.8 Å². The Bertz CT molecular complexity index is 798. The molecule has 0 atom stereocenters. The highest BCUT2D eigenvalue weighted by Gasteiger charge is 2.11. The molecule has 1 aromatic carbocycles. The van der Waals surface area contributed by atoms with Gasteiger partial charge in [0.25, 0.3) is 0 Å². The average molecular weight is 285 g/mol. The predicted octanol–water partition coefficient (Wildman–Crippen LogP) is 3.44. The summed E-state index contributed by atoms with van der Waals surface area (Å²) in [6.45, 7) is 2.02. The third-order valence-electron chi connectivity index (χ3n) is 2.84. The molecule has 3 rings (SSSR count). The minimum atomic E-state index is -0.994. The Hall–Kier alpha value is -2.47. The molecule has 0 aliphatic heterocycles. The van der Waals surface area contributed by atoms with Crippen LogP contribution in [0.5, 0.6) is 0 Å². The summed E-state index contributed by atoms with van der Waals surface area (Å²) in [6, 6.07) is 7.47. The van der Waals surface area contributed by atoms with Crippen molar-refractivity contribution in [2.75, 3.05) is 5.32 Å². The highest BCUT2D eigenvalue weighted by atomic mass is 32.1. The fourth-order valence-corrected chi connectivity index (χ4v) is 2.86. The number of hydrogen-bond donors (Lipinski definition) is 2. The van der Waals surface area contributed by atoms with Crippen LogP contribution >= 0.6 is 11.3 Å². The van der Waals surface area contributed by atoms with Gasteiger partial charge in [-0.2, -0.15) is 0 Å². The number of pyridine rings is 1. The molecule has 0 unspecified atom stereocenters. The van der Waals surface area contributed by atoms with E-state index in [4.69, 9.17) is 5.11 Å². The molecule has 2 heterocycles. The lowest BCUT2D eigenvalue weighted by Gasteiger charge is -2.04. The van der Waals surface area contributed by atoms with E-state index in [1.54, 1.807) is 0 Å². The van der Waals surface area contributed by atoms with E-state index in [0.29, 0.717) is 10.8 Å². The highest BCUT2D eigenvalue weighted by molar-refractivity contribution is 7.22. The summed E-state index contributed by atoms with van der Waals surface area (Å²) in [6.07, 6.45) is 2.94. The fourth-order valence-electron chi connectivity index (χ4n) is 1.88. The van der Waals surface area contributed by atoms with Crippen molar-refractivity contribution >= 4 is 38.3 Å². The van der Waals surface area contributed by atoms with E-state index in [0.717, 1.165) is 10.2 Å². The number of carboxylic acids is 1. The largest absolute Gasteiger partial charge is 0.478 e. The summed E-state index contributed by atoms with van der Waals surface area (Å²) in [5.74, 6) is -0.994. The van der Waals surface area contributed by atoms with Crippen molar-refractivity contribution in [3.05, 3.63) is 47.8 Å². The predicted molar refractivity (Wildman–Crippen MR) is 78.8 cm³/mol. The number of benzene rings is 1. The standard InChI is InChI=1S/C14H11N3O2S/c1-8-2-3-10-12(6-8)20-14(16-10)17-11-7-15-5-4-9(11)13(18)19/h2-7H,1H3,(H,16,17)(H,18,19). The van der Waals surface area contributed by atoms with Gasteiger partial charge in [0.15, 0.2) is 5.13 Å². The number of fused-ring (bicyclic) bond motifs is 1. The molecule has 6 heteroatoms. The summed E-state index contributed by atoms with van der Waals surface area (Å²) in [5.41, 5.74) is 2.68. The molecule has 3 aromatic rings. The minimum absolute atomic E-state index is 0.176. The first-order chi connectivity index (χ1) is 9.63. The maximum absolute atomic E-state index is 11.1. The van der Waals surface area contributed by atoms with Crippen LogP contribution in [0.3, 0.4) is 0 Å². The van der Waals surface area contributed by atoms with Gasteiger partial charge in [0.05, 0.1) is 27.7 Å². The van der Waals surface area contributed by atoms with Crippen molar-refractivity contribution in [3.8, 4) is 0 Å². The van der Waals surface area contributed by atoms with E-state index in [-0.39, 0.29) is 5.56 Å².